The van der Waals surface area contributed by atoms with Crippen LogP contribution < -0.4 is 0 Å². The van der Waals surface area contributed by atoms with Gasteiger partial charge in [0.2, 0.25) is 0 Å². The first-order valence-corrected chi connectivity index (χ1v) is 10.1. The number of alkyl halides is 13. The van der Waals surface area contributed by atoms with Crippen LogP contribution in [0.2, 0.25) is 0 Å². The van der Waals surface area contributed by atoms with Crippen molar-refractivity contribution < 1.29 is 90.8 Å². The summed E-state index contributed by atoms with van der Waals surface area (Å²) in [5.41, 5.74) is -2.22. The van der Waals surface area contributed by atoms with Gasteiger partial charge < -0.3 is 19.3 Å². The minimum Gasteiger partial charge on any atom is -0.462 e. The third-order valence-electron chi connectivity index (χ3n) is 4.79. The standard InChI is InChI=1S/C20H19F13O7/c1-4-11(35)39-8-14(3,9-40-12(36)5-2)13(37)38-7-10(34)6-15(21,22)16(23,24)17(25,26)18(27,28)19(29,30)20(31,32)33/h4-5,10,34H,1-2,6-9H2,3H3. The number of halogens is 13. The SMILES string of the molecule is C=CC(=O)OCC(C)(COC(=O)C=C)C(=O)OCC(O)CC(F)(F)C(F)(F)C(F)(F)C(F)(F)C(F)(F)C(F)(F)F. The molecule has 0 amide bonds. The van der Waals surface area contributed by atoms with E-state index in [2.05, 4.69) is 27.4 Å². The van der Waals surface area contributed by atoms with Gasteiger partial charge in [-0.05, 0) is 6.92 Å². The lowest BCUT2D eigenvalue weighted by Gasteiger charge is -2.40. The third-order valence-corrected chi connectivity index (χ3v) is 4.79. The van der Waals surface area contributed by atoms with Crippen LogP contribution in [0.15, 0.2) is 25.3 Å². The van der Waals surface area contributed by atoms with Crippen molar-refractivity contribution in [1.82, 2.24) is 0 Å². The van der Waals surface area contributed by atoms with E-state index in [1.54, 1.807) is 0 Å². The minimum absolute atomic E-state index is 0.595. The van der Waals surface area contributed by atoms with E-state index in [-0.39, 0.29) is 0 Å². The molecule has 20 heteroatoms. The van der Waals surface area contributed by atoms with E-state index in [0.29, 0.717) is 12.2 Å². The Hall–Kier alpha value is -3.06. The van der Waals surface area contributed by atoms with Crippen molar-refractivity contribution in [2.45, 2.75) is 55.2 Å². The van der Waals surface area contributed by atoms with E-state index in [4.69, 9.17) is 0 Å². The first-order chi connectivity index (χ1) is 17.7. The van der Waals surface area contributed by atoms with Crippen LogP contribution in [0, 0.1) is 5.41 Å². The Kier molecular flexibility index (Phi) is 11.3. The number of hydrogen-bond donors (Lipinski definition) is 1. The molecule has 0 saturated heterocycles. The summed E-state index contributed by atoms with van der Waals surface area (Å²) < 4.78 is 184. The lowest BCUT2D eigenvalue weighted by Crippen LogP contribution is -2.70. The van der Waals surface area contributed by atoms with Gasteiger partial charge in [-0.2, -0.15) is 57.1 Å². The van der Waals surface area contributed by atoms with E-state index in [0.717, 1.165) is 6.92 Å². The summed E-state index contributed by atoms with van der Waals surface area (Å²) in [7, 11) is 0. The lowest BCUT2D eigenvalue weighted by atomic mass is 9.91. The number of hydrogen-bond acceptors (Lipinski definition) is 7. The van der Waals surface area contributed by atoms with Crippen molar-refractivity contribution >= 4 is 17.9 Å². The van der Waals surface area contributed by atoms with Crippen molar-refractivity contribution in [2.24, 2.45) is 5.41 Å². The van der Waals surface area contributed by atoms with Gasteiger partial charge in [0, 0.05) is 18.6 Å². The molecule has 0 heterocycles. The molecule has 0 bridgehead atoms. The Bertz CT molecular complexity index is 937. The second-order valence-corrected chi connectivity index (χ2v) is 8.14. The highest BCUT2D eigenvalue weighted by molar-refractivity contribution is 5.83. The topological polar surface area (TPSA) is 99.1 Å². The normalized spacial score (nSPS) is 14.7. The smallest absolute Gasteiger partial charge is 0.460 e. The molecule has 0 fully saturated rings. The van der Waals surface area contributed by atoms with Gasteiger partial charge >= 0.3 is 53.7 Å². The first-order valence-electron chi connectivity index (χ1n) is 10.1. The molecule has 0 aliphatic carbocycles. The number of rotatable bonds is 15. The predicted octanol–water partition coefficient (Wildman–Crippen LogP) is 4.48. The average Bonchev–Trinajstić information content (AvgIpc) is 2.82. The maximum Gasteiger partial charge on any atom is 0.460 e. The Morgan fingerprint density at radius 3 is 1.43 bits per heavy atom. The Balaban J connectivity index is 5.83. The van der Waals surface area contributed by atoms with Gasteiger partial charge in [0.05, 0.1) is 6.10 Å². The molecule has 0 rings (SSSR count). The zero-order valence-corrected chi connectivity index (χ0v) is 19.8. The molecule has 0 aromatic heterocycles. The zero-order chi connectivity index (χ0) is 32.2. The van der Waals surface area contributed by atoms with Crippen LogP contribution >= 0.6 is 0 Å². The number of aliphatic hydroxyl groups is 1. The fraction of sp³-hybridized carbons (Fsp3) is 0.650. The summed E-state index contributed by atoms with van der Waals surface area (Å²) in [6, 6.07) is 0. The van der Waals surface area contributed by atoms with E-state index in [1.807, 2.05) is 0 Å². The second-order valence-electron chi connectivity index (χ2n) is 8.14. The quantitative estimate of drug-likeness (QED) is 0.125. The van der Waals surface area contributed by atoms with Gasteiger partial charge in [-0.3, -0.25) is 4.79 Å². The van der Waals surface area contributed by atoms with E-state index >= 15 is 0 Å². The summed E-state index contributed by atoms with van der Waals surface area (Å²) in [6.45, 7) is 3.05. The minimum atomic E-state index is -8.11. The number of carbonyl (C=O) groups is 3. The molecule has 0 aromatic rings. The molecule has 0 radical (unpaired) electrons. The number of aliphatic hydroxyl groups excluding tert-OH is 1. The summed E-state index contributed by atoms with van der Waals surface area (Å²) in [6.07, 6.45) is -12.6. The second kappa shape index (κ2) is 12.2. The molecular weight excluding hydrogens is 599 g/mol. The Morgan fingerprint density at radius 1 is 0.700 bits per heavy atom. The van der Waals surface area contributed by atoms with Crippen molar-refractivity contribution in [1.29, 1.82) is 0 Å². The van der Waals surface area contributed by atoms with Crippen molar-refractivity contribution in [3.05, 3.63) is 25.3 Å². The first kappa shape index (κ1) is 36.9. The molecule has 0 spiro atoms. The number of carbonyl (C=O) groups excluding carboxylic acids is 3. The average molecular weight is 618 g/mol. The summed E-state index contributed by atoms with van der Waals surface area (Å²) in [5.74, 6) is -42.3. The van der Waals surface area contributed by atoms with Gasteiger partial charge in [0.25, 0.3) is 0 Å². The highest BCUT2D eigenvalue weighted by atomic mass is 19.4. The van der Waals surface area contributed by atoms with Gasteiger partial charge in [-0.1, -0.05) is 13.2 Å². The summed E-state index contributed by atoms with van der Waals surface area (Å²) in [4.78, 5) is 34.8. The molecular formula is C20H19F13O7. The van der Waals surface area contributed by atoms with E-state index in [9.17, 15) is 76.6 Å². The maximum absolute atomic E-state index is 13.9. The summed E-state index contributed by atoms with van der Waals surface area (Å²) in [5, 5.41) is 9.48. The molecule has 40 heavy (non-hydrogen) atoms. The maximum atomic E-state index is 13.9. The number of ether oxygens (including phenoxy) is 3. The van der Waals surface area contributed by atoms with Crippen LogP contribution in [0.3, 0.4) is 0 Å². The molecule has 0 aliphatic heterocycles. The molecule has 1 unspecified atom stereocenters. The molecule has 0 aromatic carbocycles. The molecule has 1 atom stereocenters. The van der Waals surface area contributed by atoms with E-state index < -0.39 is 91.5 Å². The lowest BCUT2D eigenvalue weighted by molar-refractivity contribution is -0.440. The van der Waals surface area contributed by atoms with Crippen LogP contribution in [-0.2, 0) is 28.6 Å². The van der Waals surface area contributed by atoms with Gasteiger partial charge in [0.1, 0.15) is 25.2 Å². The van der Waals surface area contributed by atoms with Crippen molar-refractivity contribution in [3.8, 4) is 0 Å². The molecule has 232 valence electrons. The molecule has 7 nitrogen and oxygen atoms in total. The van der Waals surface area contributed by atoms with Crippen LogP contribution in [0.5, 0.6) is 0 Å². The van der Waals surface area contributed by atoms with Crippen molar-refractivity contribution in [3.63, 3.8) is 0 Å². The van der Waals surface area contributed by atoms with Crippen molar-refractivity contribution in [2.75, 3.05) is 19.8 Å². The molecule has 1 N–H and O–H groups in total. The largest absolute Gasteiger partial charge is 0.462 e. The Labute approximate surface area is 215 Å². The monoisotopic (exact) mass is 618 g/mol. The highest BCUT2D eigenvalue weighted by Gasteiger charge is 2.90. The predicted molar refractivity (Wildman–Crippen MR) is 103 cm³/mol. The Morgan fingerprint density at radius 2 is 1.07 bits per heavy atom. The van der Waals surface area contributed by atoms with Gasteiger partial charge in [-0.25, -0.2) is 9.59 Å². The van der Waals surface area contributed by atoms with Crippen LogP contribution in [0.4, 0.5) is 57.1 Å². The van der Waals surface area contributed by atoms with E-state index in [1.165, 1.54) is 0 Å². The fourth-order valence-electron chi connectivity index (χ4n) is 2.37. The van der Waals surface area contributed by atoms with Crippen LogP contribution in [0.25, 0.3) is 0 Å². The summed E-state index contributed by atoms with van der Waals surface area (Å²) >= 11 is 0. The zero-order valence-electron chi connectivity index (χ0n) is 19.8. The molecule has 0 saturated carbocycles. The number of esters is 3. The third kappa shape index (κ3) is 7.36. The van der Waals surface area contributed by atoms with Crippen LogP contribution in [0.1, 0.15) is 13.3 Å². The van der Waals surface area contributed by atoms with Gasteiger partial charge in [-0.15, -0.1) is 0 Å². The molecule has 0 aliphatic rings. The fourth-order valence-corrected chi connectivity index (χ4v) is 2.37. The van der Waals surface area contributed by atoms with Crippen LogP contribution in [-0.4, -0.2) is 84.7 Å². The van der Waals surface area contributed by atoms with Gasteiger partial charge in [0.15, 0.2) is 0 Å². The highest BCUT2D eigenvalue weighted by Crippen LogP contribution is 2.60.